The maximum absolute atomic E-state index is 6.11. The van der Waals surface area contributed by atoms with Gasteiger partial charge in [0.2, 0.25) is 0 Å². The summed E-state index contributed by atoms with van der Waals surface area (Å²) in [4.78, 5) is 2.42. The highest BCUT2D eigenvalue weighted by Crippen LogP contribution is 2.33. The summed E-state index contributed by atoms with van der Waals surface area (Å²) in [5.41, 5.74) is 5.13. The van der Waals surface area contributed by atoms with Gasteiger partial charge in [0.1, 0.15) is 18.1 Å². The second kappa shape index (κ2) is 11.5. The van der Waals surface area contributed by atoms with E-state index in [1.165, 1.54) is 11.1 Å². The van der Waals surface area contributed by atoms with Gasteiger partial charge in [0, 0.05) is 30.3 Å². The van der Waals surface area contributed by atoms with Gasteiger partial charge in [-0.1, -0.05) is 35.0 Å². The van der Waals surface area contributed by atoms with Gasteiger partial charge in [0.25, 0.3) is 0 Å². The molecule has 37 heavy (non-hydrogen) atoms. The van der Waals surface area contributed by atoms with Crippen LogP contribution in [0.5, 0.6) is 17.2 Å². The molecule has 0 radical (unpaired) electrons. The fraction of sp³-hybridized carbons (Fsp3) is 0.286. The molecular formula is C28H30ClN5O3. The molecule has 1 aliphatic heterocycles. The second-order valence-corrected chi connectivity index (χ2v) is 9.33. The molecule has 0 fully saturated rings. The lowest BCUT2D eigenvalue weighted by atomic mass is 9.99. The predicted octanol–water partition coefficient (Wildman–Crippen LogP) is 5.33. The smallest absolute Gasteiger partial charge is 0.161 e. The number of nitrogens with one attached hydrogen (secondary N) is 1. The number of ether oxygens (including phenoxy) is 3. The van der Waals surface area contributed by atoms with Gasteiger partial charge in [-0.2, -0.15) is 0 Å². The summed E-state index contributed by atoms with van der Waals surface area (Å²) in [7, 11) is 3.35. The minimum Gasteiger partial charge on any atom is -0.493 e. The average molecular weight is 520 g/mol. The Kier molecular flexibility index (Phi) is 7.77. The maximum Gasteiger partial charge on any atom is 0.161 e. The first-order valence-corrected chi connectivity index (χ1v) is 12.6. The molecule has 0 spiro atoms. The van der Waals surface area contributed by atoms with Crippen LogP contribution >= 0.6 is 11.6 Å². The van der Waals surface area contributed by atoms with Crippen LogP contribution < -0.4 is 19.5 Å². The van der Waals surface area contributed by atoms with Crippen molar-refractivity contribution < 1.29 is 14.2 Å². The summed E-state index contributed by atoms with van der Waals surface area (Å²) < 4.78 is 18.9. The third kappa shape index (κ3) is 6.15. The zero-order valence-corrected chi connectivity index (χ0v) is 21.7. The Labute approximate surface area is 221 Å². The Hall–Kier alpha value is -3.75. The van der Waals surface area contributed by atoms with Crippen LogP contribution in [0.1, 0.15) is 16.8 Å². The first kappa shape index (κ1) is 24.9. The summed E-state index contributed by atoms with van der Waals surface area (Å²) in [6, 6.07) is 19.6. The number of methoxy groups -OCH3 is 2. The molecule has 9 heteroatoms. The Bertz CT molecular complexity index is 1360. The van der Waals surface area contributed by atoms with Gasteiger partial charge in [-0.05, 0) is 60.0 Å². The van der Waals surface area contributed by atoms with E-state index in [4.69, 9.17) is 25.8 Å². The number of halogens is 1. The molecule has 0 saturated heterocycles. The van der Waals surface area contributed by atoms with Gasteiger partial charge < -0.3 is 19.5 Å². The van der Waals surface area contributed by atoms with Crippen molar-refractivity contribution in [3.05, 3.63) is 88.7 Å². The third-order valence-corrected chi connectivity index (χ3v) is 6.63. The standard InChI is InChI=1S/C28H30ClN5O3/c1-35-27-14-20-10-11-33(17-21(20)15-28(27)36-2)12-13-34-18-24(31-32-34)19-37-26-9-4-3-8-25(26)30-23-7-5-6-22(29)16-23/h3-9,14-16,18,30H,10-13,17,19H2,1-2H3. The Morgan fingerprint density at radius 1 is 0.919 bits per heavy atom. The summed E-state index contributed by atoms with van der Waals surface area (Å²) in [5, 5.41) is 12.6. The van der Waals surface area contributed by atoms with Gasteiger partial charge in [-0.3, -0.25) is 9.58 Å². The fourth-order valence-electron chi connectivity index (χ4n) is 4.46. The van der Waals surface area contributed by atoms with Crippen molar-refractivity contribution in [2.24, 2.45) is 0 Å². The molecule has 1 aliphatic rings. The molecule has 1 N–H and O–H groups in total. The topological polar surface area (TPSA) is 73.7 Å². The van der Waals surface area contributed by atoms with Crippen molar-refractivity contribution in [2.45, 2.75) is 26.1 Å². The zero-order valence-electron chi connectivity index (χ0n) is 21.0. The van der Waals surface area contributed by atoms with E-state index in [9.17, 15) is 0 Å². The number of anilines is 2. The number of fused-ring (bicyclic) bond motifs is 1. The number of hydrogen-bond acceptors (Lipinski definition) is 7. The highest BCUT2D eigenvalue weighted by Gasteiger charge is 2.19. The van der Waals surface area contributed by atoms with Gasteiger partial charge >= 0.3 is 0 Å². The van der Waals surface area contributed by atoms with Crippen molar-refractivity contribution in [2.75, 3.05) is 32.6 Å². The summed E-state index contributed by atoms with van der Waals surface area (Å²) in [6.45, 7) is 3.82. The van der Waals surface area contributed by atoms with E-state index in [-0.39, 0.29) is 0 Å². The first-order valence-electron chi connectivity index (χ1n) is 12.2. The van der Waals surface area contributed by atoms with Crippen molar-refractivity contribution in [3.8, 4) is 17.2 Å². The summed E-state index contributed by atoms with van der Waals surface area (Å²) >= 11 is 6.11. The SMILES string of the molecule is COc1cc2c(cc1OC)CN(CCn1cc(COc3ccccc3Nc3cccc(Cl)c3)nn1)CC2. The molecule has 5 rings (SSSR count). The van der Waals surface area contributed by atoms with E-state index in [1.54, 1.807) is 14.2 Å². The van der Waals surface area contributed by atoms with E-state index < -0.39 is 0 Å². The zero-order chi connectivity index (χ0) is 25.6. The number of para-hydroxylation sites is 2. The molecule has 0 atom stereocenters. The number of nitrogens with zero attached hydrogens (tertiary/aromatic N) is 4. The van der Waals surface area contributed by atoms with Crippen LogP contribution in [0.4, 0.5) is 11.4 Å². The molecule has 0 unspecified atom stereocenters. The van der Waals surface area contributed by atoms with Crippen molar-refractivity contribution in [1.29, 1.82) is 0 Å². The van der Waals surface area contributed by atoms with Crippen LogP contribution in [0, 0.1) is 0 Å². The molecule has 0 bridgehead atoms. The normalized spacial score (nSPS) is 13.2. The van der Waals surface area contributed by atoms with Gasteiger partial charge in [-0.15, -0.1) is 5.10 Å². The van der Waals surface area contributed by atoms with Crippen LogP contribution in [0.25, 0.3) is 0 Å². The van der Waals surface area contributed by atoms with E-state index >= 15 is 0 Å². The molecule has 192 valence electrons. The number of rotatable bonds is 10. The van der Waals surface area contributed by atoms with Crippen LogP contribution in [0.3, 0.4) is 0 Å². The molecule has 3 aromatic carbocycles. The molecule has 2 heterocycles. The lowest BCUT2D eigenvalue weighted by molar-refractivity contribution is 0.238. The quantitative estimate of drug-likeness (QED) is 0.303. The predicted molar refractivity (Wildman–Crippen MR) is 144 cm³/mol. The molecular weight excluding hydrogens is 490 g/mol. The van der Waals surface area contributed by atoms with Gasteiger partial charge in [0.15, 0.2) is 11.5 Å². The van der Waals surface area contributed by atoms with Gasteiger partial charge in [-0.25, -0.2) is 0 Å². The monoisotopic (exact) mass is 519 g/mol. The van der Waals surface area contributed by atoms with Crippen LogP contribution in [-0.4, -0.2) is 47.2 Å². The Morgan fingerprint density at radius 3 is 2.54 bits per heavy atom. The highest BCUT2D eigenvalue weighted by atomic mass is 35.5. The Morgan fingerprint density at radius 2 is 1.73 bits per heavy atom. The van der Waals surface area contributed by atoms with Crippen molar-refractivity contribution >= 4 is 23.0 Å². The number of hydrogen-bond donors (Lipinski definition) is 1. The molecule has 4 aromatic rings. The molecule has 0 saturated carbocycles. The number of aromatic nitrogens is 3. The molecule has 8 nitrogen and oxygen atoms in total. The van der Waals surface area contributed by atoms with E-state index in [0.717, 1.165) is 66.9 Å². The van der Waals surface area contributed by atoms with Crippen LogP contribution in [-0.2, 0) is 26.1 Å². The fourth-order valence-corrected chi connectivity index (χ4v) is 4.65. The van der Waals surface area contributed by atoms with Gasteiger partial charge in [0.05, 0.1) is 32.6 Å². The molecule has 0 aliphatic carbocycles. The molecule has 1 aromatic heterocycles. The minimum atomic E-state index is 0.326. The van der Waals surface area contributed by atoms with Crippen molar-refractivity contribution in [1.82, 2.24) is 19.9 Å². The van der Waals surface area contributed by atoms with Crippen LogP contribution in [0.15, 0.2) is 66.9 Å². The highest BCUT2D eigenvalue weighted by molar-refractivity contribution is 6.30. The van der Waals surface area contributed by atoms with Crippen LogP contribution in [0.2, 0.25) is 5.02 Å². The summed E-state index contributed by atoms with van der Waals surface area (Å²) in [6.07, 6.45) is 2.92. The maximum atomic E-state index is 6.11. The summed E-state index contributed by atoms with van der Waals surface area (Å²) in [5.74, 6) is 2.29. The second-order valence-electron chi connectivity index (χ2n) is 8.90. The molecule has 0 amide bonds. The van der Waals surface area contributed by atoms with Crippen molar-refractivity contribution in [3.63, 3.8) is 0 Å². The minimum absolute atomic E-state index is 0.326. The Balaban J connectivity index is 1.15. The van der Waals surface area contributed by atoms with E-state index in [1.807, 2.05) is 59.4 Å². The lowest BCUT2D eigenvalue weighted by Crippen LogP contribution is -2.33. The van der Waals surface area contributed by atoms with E-state index in [0.29, 0.717) is 11.6 Å². The first-order chi connectivity index (χ1) is 18.1. The third-order valence-electron chi connectivity index (χ3n) is 6.39. The lowest BCUT2D eigenvalue weighted by Gasteiger charge is -2.29. The van der Waals surface area contributed by atoms with E-state index in [2.05, 4.69) is 32.7 Å². The number of benzene rings is 3. The average Bonchev–Trinajstić information content (AvgIpc) is 3.38. The largest absolute Gasteiger partial charge is 0.493 e.